The second-order valence-electron chi connectivity index (χ2n) is 4.58. The van der Waals surface area contributed by atoms with Gasteiger partial charge in [-0.25, -0.2) is 0 Å². The minimum atomic E-state index is -1.04. The number of hydrogen-bond acceptors (Lipinski definition) is 3. The van der Waals surface area contributed by atoms with E-state index in [0.29, 0.717) is 11.6 Å². The number of hydrogen-bond donors (Lipinski definition) is 2. The molecular weight excluding hydrogens is 206 g/mol. The van der Waals surface area contributed by atoms with Crippen LogP contribution in [0.25, 0.3) is 0 Å². The zero-order chi connectivity index (χ0) is 11.5. The standard InChI is InChI=1S/C12H17NO3/c14-11(7-12(15)16)9-4-2-1-3-8-5-6-10(9)13-8/h4,8,10,13H,1-3,5-7H2,(H,15,16). The number of carbonyl (C=O) groups excluding carboxylic acids is 1. The Morgan fingerprint density at radius 3 is 2.94 bits per heavy atom. The van der Waals surface area contributed by atoms with Gasteiger partial charge in [-0.15, -0.1) is 0 Å². The van der Waals surface area contributed by atoms with Crippen LogP contribution in [-0.2, 0) is 9.59 Å². The van der Waals surface area contributed by atoms with Gasteiger partial charge in [0, 0.05) is 17.7 Å². The number of nitrogens with one attached hydrogen (secondary N) is 1. The van der Waals surface area contributed by atoms with Gasteiger partial charge in [0.2, 0.25) is 0 Å². The second kappa shape index (κ2) is 4.78. The van der Waals surface area contributed by atoms with E-state index in [2.05, 4.69) is 5.32 Å². The molecule has 0 amide bonds. The summed E-state index contributed by atoms with van der Waals surface area (Å²) < 4.78 is 0. The number of allylic oxidation sites excluding steroid dienone is 1. The summed E-state index contributed by atoms with van der Waals surface area (Å²) in [7, 11) is 0. The third-order valence-corrected chi connectivity index (χ3v) is 3.37. The van der Waals surface area contributed by atoms with Gasteiger partial charge in [0.05, 0.1) is 0 Å². The van der Waals surface area contributed by atoms with Gasteiger partial charge < -0.3 is 10.4 Å². The Hall–Kier alpha value is -1.16. The van der Waals surface area contributed by atoms with Crippen LogP contribution in [0.4, 0.5) is 0 Å². The van der Waals surface area contributed by atoms with Crippen molar-refractivity contribution < 1.29 is 14.7 Å². The van der Waals surface area contributed by atoms with Crippen molar-refractivity contribution in [3.05, 3.63) is 11.6 Å². The summed E-state index contributed by atoms with van der Waals surface area (Å²) in [6, 6.07) is 0.614. The number of carboxylic acid groups (broad SMARTS) is 1. The number of ketones is 1. The summed E-state index contributed by atoms with van der Waals surface area (Å²) in [5, 5.41) is 12.1. The van der Waals surface area contributed by atoms with Crippen LogP contribution in [0, 0.1) is 0 Å². The van der Waals surface area contributed by atoms with Crippen LogP contribution < -0.4 is 5.32 Å². The Morgan fingerprint density at radius 2 is 2.19 bits per heavy atom. The van der Waals surface area contributed by atoms with Gasteiger partial charge >= 0.3 is 5.97 Å². The van der Waals surface area contributed by atoms with Crippen LogP contribution in [0.2, 0.25) is 0 Å². The molecule has 2 aliphatic heterocycles. The van der Waals surface area contributed by atoms with E-state index >= 15 is 0 Å². The number of carboxylic acids is 1. The van der Waals surface area contributed by atoms with Crippen molar-refractivity contribution in [3.63, 3.8) is 0 Å². The molecule has 2 N–H and O–H groups in total. The van der Waals surface area contributed by atoms with Crippen LogP contribution in [0.1, 0.15) is 38.5 Å². The highest BCUT2D eigenvalue weighted by molar-refractivity contribution is 6.05. The molecule has 4 heteroatoms. The van der Waals surface area contributed by atoms with Crippen molar-refractivity contribution in [2.24, 2.45) is 0 Å². The van der Waals surface area contributed by atoms with Gasteiger partial charge in [-0.05, 0) is 32.1 Å². The van der Waals surface area contributed by atoms with Crippen LogP contribution in [-0.4, -0.2) is 28.9 Å². The number of rotatable bonds is 3. The molecule has 4 nitrogen and oxygen atoms in total. The Balaban J connectivity index is 2.10. The van der Waals surface area contributed by atoms with Gasteiger partial charge in [0.1, 0.15) is 6.42 Å². The molecule has 0 radical (unpaired) electrons. The maximum absolute atomic E-state index is 11.8. The number of carbonyl (C=O) groups is 2. The van der Waals surface area contributed by atoms with E-state index < -0.39 is 5.97 Å². The molecule has 1 saturated heterocycles. The second-order valence-corrected chi connectivity index (χ2v) is 4.58. The van der Waals surface area contributed by atoms with E-state index in [1.54, 1.807) is 0 Å². The van der Waals surface area contributed by atoms with Crippen molar-refractivity contribution in [3.8, 4) is 0 Å². The molecule has 0 aromatic heterocycles. The van der Waals surface area contributed by atoms with Crippen LogP contribution in [0.15, 0.2) is 11.6 Å². The van der Waals surface area contributed by atoms with Crippen LogP contribution in [0.5, 0.6) is 0 Å². The molecule has 1 fully saturated rings. The number of Topliss-reactive ketones (excluding diaryl/α,β-unsaturated/α-hetero) is 1. The molecule has 2 unspecified atom stereocenters. The fourth-order valence-electron chi connectivity index (χ4n) is 2.60. The third kappa shape index (κ3) is 2.50. The summed E-state index contributed by atoms with van der Waals surface area (Å²) in [4.78, 5) is 22.3. The molecule has 2 rings (SSSR count). The summed E-state index contributed by atoms with van der Waals surface area (Å²) >= 11 is 0. The fourth-order valence-corrected chi connectivity index (χ4v) is 2.60. The van der Waals surface area contributed by atoms with Gasteiger partial charge in [-0.2, -0.15) is 0 Å². The van der Waals surface area contributed by atoms with Crippen molar-refractivity contribution >= 4 is 11.8 Å². The maximum atomic E-state index is 11.8. The van der Waals surface area contributed by atoms with E-state index in [0.717, 1.165) is 32.1 Å². The van der Waals surface area contributed by atoms with E-state index in [9.17, 15) is 9.59 Å². The molecule has 0 aromatic rings. The molecule has 16 heavy (non-hydrogen) atoms. The highest BCUT2D eigenvalue weighted by Crippen LogP contribution is 2.26. The Bertz CT molecular complexity index is 335. The molecule has 2 bridgehead atoms. The lowest BCUT2D eigenvalue weighted by Crippen LogP contribution is -2.34. The first-order chi connectivity index (χ1) is 7.66. The summed E-state index contributed by atoms with van der Waals surface area (Å²) in [6.45, 7) is 0. The van der Waals surface area contributed by atoms with Gasteiger partial charge in [0.15, 0.2) is 5.78 Å². The Morgan fingerprint density at radius 1 is 1.38 bits per heavy atom. The number of fused-ring (bicyclic) bond motifs is 2. The van der Waals surface area contributed by atoms with Crippen molar-refractivity contribution in [1.29, 1.82) is 0 Å². The first-order valence-electron chi connectivity index (χ1n) is 5.88. The van der Waals surface area contributed by atoms with Gasteiger partial charge in [-0.1, -0.05) is 6.08 Å². The zero-order valence-electron chi connectivity index (χ0n) is 9.24. The predicted octanol–water partition coefficient (Wildman–Crippen LogP) is 1.26. The highest BCUT2D eigenvalue weighted by Gasteiger charge is 2.30. The topological polar surface area (TPSA) is 66.4 Å². The molecule has 2 heterocycles. The summed E-state index contributed by atoms with van der Waals surface area (Å²) in [5.74, 6) is -1.27. The largest absolute Gasteiger partial charge is 0.481 e. The van der Waals surface area contributed by atoms with Gasteiger partial charge in [0.25, 0.3) is 0 Å². The summed E-state index contributed by atoms with van der Waals surface area (Å²) in [6.07, 6.45) is 6.75. The average molecular weight is 223 g/mol. The van der Waals surface area contributed by atoms with Gasteiger partial charge in [-0.3, -0.25) is 9.59 Å². The van der Waals surface area contributed by atoms with Crippen LogP contribution >= 0.6 is 0 Å². The quantitative estimate of drug-likeness (QED) is 0.707. The average Bonchev–Trinajstić information content (AvgIpc) is 2.62. The summed E-state index contributed by atoms with van der Waals surface area (Å²) in [5.41, 5.74) is 0.699. The van der Waals surface area contributed by atoms with E-state index in [-0.39, 0.29) is 18.2 Å². The van der Waals surface area contributed by atoms with Crippen LogP contribution in [0.3, 0.4) is 0 Å². The molecule has 0 aromatic carbocycles. The molecular formula is C12H17NO3. The van der Waals surface area contributed by atoms with E-state index in [1.165, 1.54) is 0 Å². The minimum absolute atomic E-state index is 0.0946. The minimum Gasteiger partial charge on any atom is -0.481 e. The van der Waals surface area contributed by atoms with Crippen molar-refractivity contribution in [2.45, 2.75) is 50.6 Å². The number of aliphatic carboxylic acids is 1. The first-order valence-corrected chi connectivity index (χ1v) is 5.88. The SMILES string of the molecule is O=C(O)CC(=O)C1=CCCCC2CCC1N2. The molecule has 2 aliphatic rings. The predicted molar refractivity (Wildman–Crippen MR) is 59.1 cm³/mol. The van der Waals surface area contributed by atoms with Crippen molar-refractivity contribution in [2.75, 3.05) is 0 Å². The molecule has 0 saturated carbocycles. The molecule has 0 aliphatic carbocycles. The maximum Gasteiger partial charge on any atom is 0.311 e. The molecule has 2 atom stereocenters. The Labute approximate surface area is 94.7 Å². The zero-order valence-corrected chi connectivity index (χ0v) is 9.24. The Kier molecular flexibility index (Phi) is 3.39. The lowest BCUT2D eigenvalue weighted by molar-refractivity contribution is -0.139. The van der Waals surface area contributed by atoms with Crippen molar-refractivity contribution in [1.82, 2.24) is 5.32 Å². The lowest BCUT2D eigenvalue weighted by atomic mass is 9.97. The molecule has 0 spiro atoms. The molecule has 88 valence electrons. The fraction of sp³-hybridized carbons (Fsp3) is 0.667. The normalized spacial score (nSPS) is 29.1. The lowest BCUT2D eigenvalue weighted by Gasteiger charge is -2.19. The third-order valence-electron chi connectivity index (χ3n) is 3.37. The first kappa shape index (κ1) is 11.3. The highest BCUT2D eigenvalue weighted by atomic mass is 16.4. The van der Waals surface area contributed by atoms with E-state index in [1.807, 2.05) is 6.08 Å². The monoisotopic (exact) mass is 223 g/mol. The van der Waals surface area contributed by atoms with E-state index in [4.69, 9.17) is 5.11 Å². The smallest absolute Gasteiger partial charge is 0.311 e.